The molecule has 1 N–H and O–H groups in total. The zero-order valence-corrected chi connectivity index (χ0v) is 20.4. The minimum atomic E-state index is -2.10. The van der Waals surface area contributed by atoms with Gasteiger partial charge in [-0.25, -0.2) is 8.78 Å². The lowest BCUT2D eigenvalue weighted by Crippen LogP contribution is -2.71. The van der Waals surface area contributed by atoms with Crippen LogP contribution in [0.5, 0.6) is 0 Å². The number of rotatable bonds is 4. The average Bonchev–Trinajstić information content (AvgIpc) is 3.24. The maximum atomic E-state index is 17.3. The molecule has 4 aliphatic carbocycles. The molecule has 3 saturated carbocycles. The summed E-state index contributed by atoms with van der Waals surface area (Å²) in [4.78, 5) is 25.4. The van der Waals surface area contributed by atoms with Gasteiger partial charge in [-0.1, -0.05) is 27.2 Å². The number of allylic oxidation sites excluding steroid dienone is 1. The number of halogens is 2. The first-order valence-electron chi connectivity index (χ1n) is 12.2. The first kappa shape index (κ1) is 23.9. The highest BCUT2D eigenvalue weighted by molar-refractivity contribution is 7.81. The summed E-state index contributed by atoms with van der Waals surface area (Å²) in [5.74, 6) is -1.69. The van der Waals surface area contributed by atoms with Gasteiger partial charge in [0.05, 0.1) is 18.0 Å². The van der Waals surface area contributed by atoms with Gasteiger partial charge >= 0.3 is 0 Å². The van der Waals surface area contributed by atoms with Crippen LogP contribution in [-0.2, 0) is 19.1 Å². The van der Waals surface area contributed by atoms with Gasteiger partial charge in [-0.15, -0.1) is 0 Å². The van der Waals surface area contributed by atoms with Gasteiger partial charge in [0.2, 0.25) is 0 Å². The first-order chi connectivity index (χ1) is 15.5. The Labute approximate surface area is 199 Å². The monoisotopic (exact) mass is 484 g/mol. The van der Waals surface area contributed by atoms with E-state index in [9.17, 15) is 14.7 Å². The van der Waals surface area contributed by atoms with Crippen LogP contribution in [-0.4, -0.2) is 58.4 Å². The van der Waals surface area contributed by atoms with Crippen molar-refractivity contribution >= 4 is 24.2 Å². The summed E-state index contributed by atoms with van der Waals surface area (Å²) in [6, 6.07) is 0. The minimum Gasteiger partial charge on any atom is -0.390 e. The molecule has 0 aromatic rings. The number of ether oxygens (including phenoxy) is 2. The van der Waals surface area contributed by atoms with Gasteiger partial charge in [-0.2, -0.15) is 12.6 Å². The number of fused-ring (bicyclic) bond motifs is 7. The smallest absolute Gasteiger partial charge is 0.177 e. The summed E-state index contributed by atoms with van der Waals surface area (Å²) in [6.07, 6.45) is -0.720. The Morgan fingerprint density at radius 1 is 1.30 bits per heavy atom. The predicted octanol–water partition coefficient (Wildman–Crippen LogP) is 3.92. The van der Waals surface area contributed by atoms with E-state index in [4.69, 9.17) is 9.47 Å². The second kappa shape index (κ2) is 7.58. The largest absolute Gasteiger partial charge is 0.390 e. The first-order valence-corrected chi connectivity index (χ1v) is 12.9. The van der Waals surface area contributed by atoms with Crippen LogP contribution in [0.4, 0.5) is 8.78 Å². The molecule has 0 unspecified atom stereocenters. The van der Waals surface area contributed by atoms with Crippen LogP contribution in [0.15, 0.2) is 11.6 Å². The molecule has 10 atom stereocenters. The van der Waals surface area contributed by atoms with Gasteiger partial charge in [0, 0.05) is 23.2 Å². The molecular formula is C25H34F2O5S. The number of thiol groups is 1. The van der Waals surface area contributed by atoms with Crippen molar-refractivity contribution in [1.82, 2.24) is 0 Å². The number of aliphatic hydroxyl groups excluding tert-OH is 1. The van der Waals surface area contributed by atoms with Crippen molar-refractivity contribution in [3.63, 3.8) is 0 Å². The third-order valence-corrected chi connectivity index (χ3v) is 10.2. The number of Topliss-reactive ketones (excluding diaryl/α,β-unsaturated/α-hetero) is 1. The van der Waals surface area contributed by atoms with Crippen LogP contribution in [0.1, 0.15) is 65.7 Å². The topological polar surface area (TPSA) is 72.8 Å². The molecule has 5 nitrogen and oxygen atoms in total. The van der Waals surface area contributed by atoms with Crippen LogP contribution >= 0.6 is 12.6 Å². The highest BCUT2D eigenvalue weighted by atomic mass is 32.1. The van der Waals surface area contributed by atoms with Crippen LogP contribution in [0.25, 0.3) is 0 Å². The van der Waals surface area contributed by atoms with Gasteiger partial charge in [0.15, 0.2) is 23.5 Å². The summed E-state index contributed by atoms with van der Waals surface area (Å²) in [6.45, 7) is 5.54. The van der Waals surface area contributed by atoms with E-state index in [2.05, 4.69) is 12.6 Å². The van der Waals surface area contributed by atoms with Gasteiger partial charge < -0.3 is 14.6 Å². The number of aliphatic hydroxyl groups is 1. The van der Waals surface area contributed by atoms with Crippen molar-refractivity contribution in [2.45, 2.75) is 102 Å². The molecule has 33 heavy (non-hydrogen) atoms. The molecule has 0 spiro atoms. The summed E-state index contributed by atoms with van der Waals surface area (Å²) < 4.78 is 45.4. The Morgan fingerprint density at radius 3 is 2.70 bits per heavy atom. The average molecular weight is 485 g/mol. The normalized spacial score (nSPS) is 53.1. The lowest BCUT2D eigenvalue weighted by atomic mass is 9.43. The lowest BCUT2D eigenvalue weighted by Gasteiger charge is -2.64. The molecule has 4 fully saturated rings. The van der Waals surface area contributed by atoms with E-state index in [0.29, 0.717) is 12.8 Å². The van der Waals surface area contributed by atoms with Gasteiger partial charge in [-0.05, 0) is 49.7 Å². The van der Waals surface area contributed by atoms with E-state index >= 15 is 8.78 Å². The SMILES string of the molecule is CCC[C@@H]1O[C@@H]2C[C@H]3[C@@H]4C[C@H](F)C5=CC(=O)CC[C@]5(C)[C@@]4(F)[C@@H](O)C[C@]3(C)[C@]2(C(=O)CS)O1. The number of alkyl halides is 2. The Morgan fingerprint density at radius 2 is 2.03 bits per heavy atom. The van der Waals surface area contributed by atoms with Crippen LogP contribution in [0.3, 0.4) is 0 Å². The fourth-order valence-corrected chi connectivity index (χ4v) is 8.59. The fourth-order valence-electron chi connectivity index (χ4n) is 8.36. The molecule has 5 rings (SSSR count). The van der Waals surface area contributed by atoms with E-state index in [-0.39, 0.29) is 48.6 Å². The van der Waals surface area contributed by atoms with Crippen molar-refractivity contribution in [3.05, 3.63) is 11.6 Å². The zero-order valence-electron chi connectivity index (χ0n) is 19.5. The van der Waals surface area contributed by atoms with Crippen molar-refractivity contribution in [3.8, 4) is 0 Å². The Hall–Kier alpha value is -0.830. The highest BCUT2D eigenvalue weighted by Crippen LogP contribution is 2.72. The summed E-state index contributed by atoms with van der Waals surface area (Å²) >= 11 is 4.25. The van der Waals surface area contributed by atoms with E-state index in [1.165, 1.54) is 6.08 Å². The van der Waals surface area contributed by atoms with Crippen molar-refractivity contribution in [1.29, 1.82) is 0 Å². The number of carbonyl (C=O) groups is 2. The van der Waals surface area contributed by atoms with Crippen molar-refractivity contribution < 1.29 is 33.0 Å². The molecule has 0 bridgehead atoms. The lowest BCUT2D eigenvalue weighted by molar-refractivity contribution is -0.241. The molecule has 0 amide bonds. The number of hydrogen-bond acceptors (Lipinski definition) is 6. The molecule has 0 aromatic carbocycles. The third kappa shape index (κ3) is 2.75. The van der Waals surface area contributed by atoms with Crippen LogP contribution < -0.4 is 0 Å². The Kier molecular flexibility index (Phi) is 5.49. The maximum absolute atomic E-state index is 17.3. The molecule has 0 aromatic heterocycles. The number of carbonyl (C=O) groups excluding carboxylic acids is 2. The molecule has 184 valence electrons. The predicted molar refractivity (Wildman–Crippen MR) is 120 cm³/mol. The Bertz CT molecular complexity index is 911. The molecule has 0 radical (unpaired) electrons. The second-order valence-electron chi connectivity index (χ2n) is 11.2. The highest BCUT2D eigenvalue weighted by Gasteiger charge is 2.79. The standard InChI is InChI=1S/C25H34F2O5S/c1-4-5-21-31-20-10-14-15-9-17(26)16-8-13(28)6-7-22(16,2)24(15,27)18(29)11-23(14,3)25(20,32-21)19(30)12-33/h8,14-15,17-18,20-21,29,33H,4-7,9-12H2,1-3H3/t14-,15-,17-,18-,20+,21+,22-,23-,24-,25+/m0/s1. The van der Waals surface area contributed by atoms with E-state index in [1.807, 2.05) is 13.8 Å². The van der Waals surface area contributed by atoms with E-state index < -0.39 is 58.6 Å². The molecule has 5 aliphatic rings. The van der Waals surface area contributed by atoms with Crippen molar-refractivity contribution in [2.75, 3.05) is 5.75 Å². The molecule has 1 saturated heterocycles. The fraction of sp³-hybridized carbons (Fsp3) is 0.840. The maximum Gasteiger partial charge on any atom is 0.177 e. The summed E-state index contributed by atoms with van der Waals surface area (Å²) in [7, 11) is 0. The Balaban J connectivity index is 1.61. The summed E-state index contributed by atoms with van der Waals surface area (Å²) in [5.41, 5.74) is -5.43. The molecular weight excluding hydrogens is 450 g/mol. The van der Waals surface area contributed by atoms with Crippen molar-refractivity contribution in [2.24, 2.45) is 22.7 Å². The van der Waals surface area contributed by atoms with Gasteiger partial charge in [0.1, 0.15) is 11.8 Å². The van der Waals surface area contributed by atoms with Crippen LogP contribution in [0, 0.1) is 22.7 Å². The van der Waals surface area contributed by atoms with E-state index in [1.54, 1.807) is 6.92 Å². The second-order valence-corrected chi connectivity index (χ2v) is 11.5. The van der Waals surface area contributed by atoms with Crippen LogP contribution in [0.2, 0.25) is 0 Å². The summed E-state index contributed by atoms with van der Waals surface area (Å²) in [5, 5.41) is 11.5. The van der Waals surface area contributed by atoms with Gasteiger partial charge in [-0.3, -0.25) is 9.59 Å². The van der Waals surface area contributed by atoms with E-state index in [0.717, 1.165) is 6.42 Å². The quantitative estimate of drug-likeness (QED) is 0.592. The number of hydrogen-bond donors (Lipinski definition) is 2. The zero-order chi connectivity index (χ0) is 24.0. The molecule has 1 aliphatic heterocycles. The minimum absolute atomic E-state index is 0.0106. The molecule has 8 heteroatoms. The molecule has 1 heterocycles. The van der Waals surface area contributed by atoms with Gasteiger partial charge in [0.25, 0.3) is 0 Å². The number of ketones is 2. The third-order valence-electron chi connectivity index (χ3n) is 9.90.